The van der Waals surface area contributed by atoms with E-state index in [0.717, 1.165) is 40.2 Å². The smallest absolute Gasteiger partial charge is 0.870 e. The van der Waals surface area contributed by atoms with E-state index in [1.807, 2.05) is 26.2 Å². The van der Waals surface area contributed by atoms with Gasteiger partial charge in [0, 0.05) is 108 Å². The van der Waals surface area contributed by atoms with E-state index < -0.39 is 7.15 Å². The second-order valence-corrected chi connectivity index (χ2v) is 14.8. The number of hydrogen-bond donors (Lipinski definition) is 3. The normalized spacial score (nSPS) is 8.86. The molecule has 0 aliphatic heterocycles. The Bertz CT molecular complexity index is 1750. The Kier molecular flexibility index (Phi) is 45.0. The van der Waals surface area contributed by atoms with E-state index in [4.69, 9.17) is 78.0 Å². The van der Waals surface area contributed by atoms with Gasteiger partial charge in [0.1, 0.15) is 57.5 Å². The van der Waals surface area contributed by atoms with Crippen LogP contribution in [0.15, 0.2) is 82.6 Å². The van der Waals surface area contributed by atoms with Crippen molar-refractivity contribution in [3.8, 4) is 57.5 Å². The second kappa shape index (κ2) is 42.9. The third kappa shape index (κ3) is 33.1. The van der Waals surface area contributed by atoms with Gasteiger partial charge in [0.05, 0.1) is 65.4 Å². The fourth-order valence-electron chi connectivity index (χ4n) is 3.65. The Labute approximate surface area is 459 Å². The molecule has 4 aromatic rings. The van der Waals surface area contributed by atoms with Crippen molar-refractivity contribution in [2.45, 2.75) is 9.79 Å². The van der Waals surface area contributed by atoms with Crippen molar-refractivity contribution in [2.75, 3.05) is 113 Å². The van der Waals surface area contributed by atoms with Crippen molar-refractivity contribution in [2.24, 2.45) is 0 Å². The van der Waals surface area contributed by atoms with Crippen molar-refractivity contribution in [1.29, 1.82) is 0 Å². The molecular formula is C43H64ClFKN3O13S4. The molecular weight excluding hydrogens is 988 g/mol. The number of hydrogen-bond acceptors (Lipinski definition) is 17. The number of methoxy groups -OCH3 is 8. The van der Waals surface area contributed by atoms with E-state index in [1.165, 1.54) is 31.3 Å². The van der Waals surface area contributed by atoms with Gasteiger partial charge >= 0.3 is 51.4 Å². The van der Waals surface area contributed by atoms with Gasteiger partial charge in [-0.3, -0.25) is 9.18 Å². The number of ether oxygens (including phenoxy) is 9. The molecule has 23 heteroatoms. The van der Waals surface area contributed by atoms with Crippen LogP contribution in [0.4, 0.5) is 9.18 Å². The van der Waals surface area contributed by atoms with Crippen LogP contribution in [0.5, 0.6) is 57.5 Å². The van der Waals surface area contributed by atoms with E-state index in [9.17, 15) is 9.18 Å². The fourth-order valence-corrected chi connectivity index (χ4v) is 4.73. The van der Waals surface area contributed by atoms with Crippen molar-refractivity contribution < 1.29 is 120 Å². The number of halogens is 2. The third-order valence-corrected chi connectivity index (χ3v) is 9.24. The largest absolute Gasteiger partial charge is 1.00 e. The summed E-state index contributed by atoms with van der Waals surface area (Å²) in [6.07, 6.45) is 0. The maximum Gasteiger partial charge on any atom is 1.00 e. The third-order valence-electron chi connectivity index (χ3n) is 6.81. The van der Waals surface area contributed by atoms with Gasteiger partial charge in [-0.05, 0) is 60.5 Å². The number of carbonyl (C=O) groups is 1. The first-order valence-electron chi connectivity index (χ1n) is 18.7. The zero-order valence-corrected chi connectivity index (χ0v) is 47.6. The van der Waals surface area contributed by atoms with Gasteiger partial charge in [0.25, 0.3) is 10.4 Å². The Morgan fingerprint density at radius 3 is 1.11 bits per heavy atom. The van der Waals surface area contributed by atoms with Crippen molar-refractivity contribution in [3.63, 3.8) is 0 Å². The fraction of sp³-hybridized carbons (Fsp3) is 0.372. The first-order valence-corrected chi connectivity index (χ1v) is 20.4. The summed E-state index contributed by atoms with van der Waals surface area (Å²) in [7, 11) is 23.3. The molecule has 4 aromatic carbocycles. The van der Waals surface area contributed by atoms with E-state index in [-0.39, 0.29) is 67.8 Å². The molecule has 368 valence electrons. The number of benzene rings is 4. The number of amides is 1. The minimum absolute atomic E-state index is 0. The van der Waals surface area contributed by atoms with Crippen molar-refractivity contribution in [3.05, 3.63) is 72.8 Å². The van der Waals surface area contributed by atoms with Crippen LogP contribution >= 0.6 is 60.4 Å². The molecule has 0 radical (unpaired) electrons. The molecule has 0 unspecified atom stereocenters. The van der Waals surface area contributed by atoms with Crippen LogP contribution < -0.4 is 94.0 Å². The van der Waals surface area contributed by atoms with Gasteiger partial charge in [0.2, 0.25) is 0 Å². The predicted octanol–water partition coefficient (Wildman–Crippen LogP) is 5.90. The van der Waals surface area contributed by atoms with Crippen LogP contribution in [0, 0.1) is 0 Å². The average molecular weight is 1050 g/mol. The Hall–Kier alpha value is -3.39. The number of phenols is 1. The molecule has 0 aliphatic carbocycles. The summed E-state index contributed by atoms with van der Waals surface area (Å²) in [5.41, 5.74) is 0. The van der Waals surface area contributed by atoms with E-state index in [1.54, 1.807) is 129 Å². The molecule has 0 saturated heterocycles. The minimum atomic E-state index is -1.00. The summed E-state index contributed by atoms with van der Waals surface area (Å²) in [6, 6.07) is 20.8. The summed E-state index contributed by atoms with van der Waals surface area (Å²) in [5.74, 6) is 6.09. The van der Waals surface area contributed by atoms with Crippen LogP contribution in [0.25, 0.3) is 0 Å². The van der Waals surface area contributed by atoms with Crippen LogP contribution in [0.1, 0.15) is 1.37 Å². The summed E-state index contributed by atoms with van der Waals surface area (Å²) in [4.78, 5) is 18.1. The molecule has 0 aliphatic rings. The number of aliphatic hydroxyl groups excluding tert-OH is 1. The molecule has 0 fully saturated rings. The number of aromatic hydroxyl groups is 1. The molecule has 0 atom stereocenters. The van der Waals surface area contributed by atoms with Crippen LogP contribution in [0.3, 0.4) is 0 Å². The number of nitrogens with zero attached hydrogens (tertiary/aromatic N) is 3. The molecule has 0 saturated carbocycles. The Morgan fingerprint density at radius 2 is 0.848 bits per heavy atom. The number of carbonyl (C=O) groups excluding carboxylic acids is 1. The predicted molar refractivity (Wildman–Crippen MR) is 268 cm³/mol. The van der Waals surface area contributed by atoms with E-state index in [2.05, 4.69) is 24.8 Å². The molecule has 66 heavy (non-hydrogen) atoms. The molecule has 0 bridgehead atoms. The van der Waals surface area contributed by atoms with Gasteiger partial charge in [-0.25, -0.2) is 0 Å². The number of thiocarbonyl (C=S) groups is 2. The zero-order valence-electron chi connectivity index (χ0n) is 41.3. The molecule has 16 nitrogen and oxygen atoms in total. The zero-order chi connectivity index (χ0) is 50.7. The Balaban J connectivity index is -0.000000237. The van der Waals surface area contributed by atoms with E-state index >= 15 is 0 Å². The number of thiol groups is 1. The van der Waals surface area contributed by atoms with Crippen molar-refractivity contribution >= 4 is 75.3 Å². The molecule has 4 rings (SSSR count). The maximum absolute atomic E-state index is 11.5. The van der Waals surface area contributed by atoms with E-state index in [0.29, 0.717) is 49.9 Å². The number of rotatable bonds is 10. The Morgan fingerprint density at radius 1 is 0.591 bits per heavy atom. The van der Waals surface area contributed by atoms with Crippen LogP contribution in [-0.4, -0.2) is 159 Å². The molecule has 0 aromatic heterocycles. The summed E-state index contributed by atoms with van der Waals surface area (Å²) >= 11 is 20.1. The number of aliphatic hydroxyl groups is 1. The number of thioether (sulfide) groups is 1. The number of alkyl halides is 1. The maximum atomic E-state index is 11.5. The van der Waals surface area contributed by atoms with Gasteiger partial charge in [-0.2, -0.15) is 0 Å². The van der Waals surface area contributed by atoms with Gasteiger partial charge < -0.3 is 73.0 Å². The second-order valence-electron chi connectivity index (χ2n) is 11.9. The van der Waals surface area contributed by atoms with Gasteiger partial charge in [-0.1, -0.05) is 11.6 Å². The first kappa shape index (κ1) is 69.2. The first-order chi connectivity index (χ1) is 30.7. The van der Waals surface area contributed by atoms with Gasteiger partial charge in [0.15, 0.2) is 4.45 Å². The minimum Gasteiger partial charge on any atom is -0.870 e. The molecule has 0 heterocycles. The standard InChI is InChI=1S/2C11H15NO3S.C8H10O3.C8H10O2S.C3H6ClNS.CH3F.CH4O.K.H2O/c1-12(2)11(13)16-10-6-8(14-3)5-9(7-10)15-4;1-12(2)11(16)15-10-6-8(13-3)5-9(7-10)14-4;1-10-7-3-6(9)4-8(5-7)11-2;1-9-6-3-7(10-2)5-8(11)4-6;1-5(2)3(4)6;2*1-2;;/h2*5-7H,1-4H3;3-5,9H,1-2H3;3-5,11H,1-2H3;1-2H3;1H3;2H,1H3;;1H2/q;;;;;;;+1;/p-1/i;;;;;1D;;;. The monoisotopic (exact) mass is 1050 g/mol. The molecule has 1 amide bonds. The quantitative estimate of drug-likeness (QED) is 0.0426. The topological polar surface area (TPSA) is 180 Å². The van der Waals surface area contributed by atoms with Crippen molar-refractivity contribution in [1.82, 2.24) is 14.7 Å². The summed E-state index contributed by atoms with van der Waals surface area (Å²) in [5, 5.41) is 16.4. The summed E-state index contributed by atoms with van der Waals surface area (Å²) in [6.45, 7) is 0. The molecule has 3 N–H and O–H groups in total. The van der Waals surface area contributed by atoms with Crippen LogP contribution in [-0.2, 0) is 0 Å². The molecule has 0 spiro atoms. The SMILES string of the molecule is CN(C)C(=S)Cl.CO.COc1cc(O)cc(OC)c1.COc1cc(OC)cc(OC(=S)N(C)C)c1.COc1cc(OC)cc(SC(=O)N(C)C)c1.COc1cc(S)cc(OC)c1.[2H]CF.[K+].[OH-]. The van der Waals surface area contributed by atoms with Crippen LogP contribution in [0.2, 0.25) is 0 Å². The van der Waals surface area contributed by atoms with Gasteiger partial charge in [-0.15, -0.1) is 12.6 Å². The summed E-state index contributed by atoms with van der Waals surface area (Å²) < 4.78 is 61.7. The average Bonchev–Trinajstić information content (AvgIpc) is 3.29. The number of phenolic OH excluding ortho intramolecular Hbond substituents is 1.